The van der Waals surface area contributed by atoms with Crippen molar-refractivity contribution in [1.82, 2.24) is 29.0 Å². The maximum absolute atomic E-state index is 12.9. The summed E-state index contributed by atoms with van der Waals surface area (Å²) in [7, 11) is 0. The van der Waals surface area contributed by atoms with Crippen LogP contribution >= 0.6 is 0 Å². The van der Waals surface area contributed by atoms with Crippen LogP contribution in [0.4, 0.5) is 14.7 Å². The summed E-state index contributed by atoms with van der Waals surface area (Å²) >= 11 is 0. The molecule has 0 amide bonds. The fraction of sp³-hybridized carbons (Fsp3) is 0.429. The third-order valence-electron chi connectivity index (χ3n) is 5.65. The Morgan fingerprint density at radius 1 is 1.19 bits per heavy atom. The zero-order valence-corrected chi connectivity index (χ0v) is 17.2. The molecule has 0 radical (unpaired) electrons. The van der Waals surface area contributed by atoms with Gasteiger partial charge in [0.2, 0.25) is 17.6 Å². The van der Waals surface area contributed by atoms with E-state index in [1.165, 1.54) is 0 Å². The number of alkyl halides is 2. The number of fused-ring (bicyclic) bond motifs is 2. The number of hydrogen-bond acceptors (Lipinski definition) is 7. The molecule has 0 aromatic carbocycles. The highest BCUT2D eigenvalue weighted by molar-refractivity contribution is 5.84. The number of ether oxygens (including phenoxy) is 1. The zero-order chi connectivity index (χ0) is 22.1. The molecule has 0 saturated heterocycles. The monoisotopic (exact) mass is 443 g/mol. The highest BCUT2D eigenvalue weighted by Gasteiger charge is 2.21. The first-order chi connectivity index (χ1) is 15.6. The summed E-state index contributed by atoms with van der Waals surface area (Å²) in [4.78, 5) is 12.9. The van der Waals surface area contributed by atoms with E-state index in [0.717, 1.165) is 31.2 Å². The Balaban J connectivity index is 1.52. The minimum atomic E-state index is -2.63. The van der Waals surface area contributed by atoms with E-state index in [2.05, 4.69) is 25.4 Å². The SMILES string of the molecule is OC1CCC[C@H](Nc2nc(OCC(F)F)c3c(-c4cnc5nccn5c4)ccn3n2)CC1. The van der Waals surface area contributed by atoms with Gasteiger partial charge in [-0.25, -0.2) is 23.3 Å². The molecule has 4 aromatic rings. The zero-order valence-electron chi connectivity index (χ0n) is 17.2. The second kappa shape index (κ2) is 8.65. The highest BCUT2D eigenvalue weighted by Crippen LogP contribution is 2.32. The van der Waals surface area contributed by atoms with E-state index in [4.69, 9.17) is 4.74 Å². The lowest BCUT2D eigenvalue weighted by atomic mass is 10.1. The predicted molar refractivity (Wildman–Crippen MR) is 113 cm³/mol. The van der Waals surface area contributed by atoms with Gasteiger partial charge in [0, 0.05) is 48.2 Å². The lowest BCUT2D eigenvalue weighted by molar-refractivity contribution is 0.0802. The molecule has 1 aliphatic rings. The van der Waals surface area contributed by atoms with Crippen molar-refractivity contribution in [2.45, 2.75) is 50.7 Å². The van der Waals surface area contributed by atoms with E-state index in [0.29, 0.717) is 29.2 Å². The molecule has 0 aliphatic heterocycles. The van der Waals surface area contributed by atoms with E-state index < -0.39 is 13.0 Å². The number of imidazole rings is 1. The van der Waals surface area contributed by atoms with E-state index in [-0.39, 0.29) is 18.0 Å². The van der Waals surface area contributed by atoms with Gasteiger partial charge in [-0.1, -0.05) is 0 Å². The molecule has 4 heterocycles. The van der Waals surface area contributed by atoms with Gasteiger partial charge in [-0.15, -0.1) is 5.10 Å². The van der Waals surface area contributed by atoms with Crippen molar-refractivity contribution in [2.24, 2.45) is 0 Å². The van der Waals surface area contributed by atoms with Crippen molar-refractivity contribution in [3.8, 4) is 17.0 Å². The summed E-state index contributed by atoms with van der Waals surface area (Å²) in [5, 5.41) is 17.7. The molecule has 168 valence electrons. The smallest absolute Gasteiger partial charge is 0.272 e. The number of aliphatic hydroxyl groups is 1. The highest BCUT2D eigenvalue weighted by atomic mass is 19.3. The van der Waals surface area contributed by atoms with Crippen LogP contribution in [0.5, 0.6) is 5.88 Å². The summed E-state index contributed by atoms with van der Waals surface area (Å²) < 4.78 is 34.6. The summed E-state index contributed by atoms with van der Waals surface area (Å²) in [6, 6.07) is 1.92. The van der Waals surface area contributed by atoms with Crippen LogP contribution in [-0.4, -0.2) is 59.3 Å². The number of aromatic nitrogens is 6. The maximum Gasteiger partial charge on any atom is 0.272 e. The van der Waals surface area contributed by atoms with Crippen molar-refractivity contribution >= 4 is 17.2 Å². The Morgan fingerprint density at radius 3 is 2.97 bits per heavy atom. The van der Waals surface area contributed by atoms with Gasteiger partial charge in [-0.2, -0.15) is 4.98 Å². The van der Waals surface area contributed by atoms with Crippen molar-refractivity contribution in [1.29, 1.82) is 0 Å². The van der Waals surface area contributed by atoms with E-state index in [1.807, 2.05) is 12.3 Å². The van der Waals surface area contributed by atoms with Crippen LogP contribution < -0.4 is 10.1 Å². The van der Waals surface area contributed by atoms with Gasteiger partial charge >= 0.3 is 0 Å². The Hall–Kier alpha value is -3.34. The van der Waals surface area contributed by atoms with Gasteiger partial charge in [0.1, 0.15) is 5.52 Å². The molecule has 11 heteroatoms. The molecule has 9 nitrogen and oxygen atoms in total. The maximum atomic E-state index is 12.9. The van der Waals surface area contributed by atoms with Crippen molar-refractivity contribution in [3.63, 3.8) is 0 Å². The molecule has 1 fully saturated rings. The van der Waals surface area contributed by atoms with E-state index >= 15 is 0 Å². The standard InChI is InChI=1S/C21H23F2N7O2/c22-17(23)12-32-19-18-16(13-10-25-21-24-7-9-29(21)11-13)6-8-30(18)28-20(27-19)26-14-2-1-3-15(31)5-4-14/h6-11,14-15,17,31H,1-5,12H2,(H,26,28)/t14-,15?/m0/s1. The second-order valence-corrected chi connectivity index (χ2v) is 7.95. The number of nitrogens with zero attached hydrogens (tertiary/aromatic N) is 6. The minimum absolute atomic E-state index is 0.0715. The Morgan fingerprint density at radius 2 is 2.09 bits per heavy atom. The Labute approximate surface area is 182 Å². The molecule has 2 N–H and O–H groups in total. The fourth-order valence-corrected chi connectivity index (χ4v) is 4.09. The number of hydrogen-bond donors (Lipinski definition) is 2. The third-order valence-corrected chi connectivity index (χ3v) is 5.65. The van der Waals surface area contributed by atoms with Gasteiger partial charge in [0.25, 0.3) is 6.43 Å². The Bertz CT molecular complexity index is 1230. The van der Waals surface area contributed by atoms with Crippen molar-refractivity contribution in [2.75, 3.05) is 11.9 Å². The quantitative estimate of drug-likeness (QED) is 0.441. The molecular formula is C21H23F2N7O2. The van der Waals surface area contributed by atoms with Gasteiger partial charge in [0.05, 0.1) is 6.10 Å². The first kappa shape index (κ1) is 20.6. The normalized spacial score (nSPS) is 19.5. The average molecular weight is 443 g/mol. The van der Waals surface area contributed by atoms with Gasteiger partial charge in [-0.3, -0.25) is 4.40 Å². The fourth-order valence-electron chi connectivity index (χ4n) is 4.09. The van der Waals surface area contributed by atoms with Gasteiger partial charge in [0.15, 0.2) is 6.61 Å². The second-order valence-electron chi connectivity index (χ2n) is 7.95. The lowest BCUT2D eigenvalue weighted by Crippen LogP contribution is -2.21. The summed E-state index contributed by atoms with van der Waals surface area (Å²) in [5.41, 5.74) is 1.94. The molecule has 0 bridgehead atoms. The first-order valence-corrected chi connectivity index (χ1v) is 10.6. The average Bonchev–Trinajstić information content (AvgIpc) is 3.36. The predicted octanol–water partition coefficient (Wildman–Crippen LogP) is 3.19. The molecule has 0 spiro atoms. The lowest BCUT2D eigenvalue weighted by Gasteiger charge is -2.17. The number of halogens is 2. The van der Waals surface area contributed by atoms with Crippen LogP contribution in [0.1, 0.15) is 32.1 Å². The molecule has 32 heavy (non-hydrogen) atoms. The summed E-state index contributed by atoms with van der Waals surface area (Å²) in [6.45, 7) is -0.773. The van der Waals surface area contributed by atoms with Crippen LogP contribution in [0.25, 0.3) is 22.4 Å². The summed E-state index contributed by atoms with van der Waals surface area (Å²) in [5.74, 6) is 0.929. The number of anilines is 1. The topological polar surface area (TPSA) is 102 Å². The first-order valence-electron chi connectivity index (χ1n) is 10.6. The minimum Gasteiger partial charge on any atom is -0.470 e. The van der Waals surface area contributed by atoms with Crippen LogP contribution in [0, 0.1) is 0 Å². The molecule has 1 saturated carbocycles. The molecule has 1 aliphatic carbocycles. The van der Waals surface area contributed by atoms with Crippen LogP contribution in [0.3, 0.4) is 0 Å². The van der Waals surface area contributed by atoms with Crippen LogP contribution in [0.15, 0.2) is 37.1 Å². The largest absolute Gasteiger partial charge is 0.470 e. The molecular weight excluding hydrogens is 420 g/mol. The van der Waals surface area contributed by atoms with Crippen LogP contribution in [-0.2, 0) is 0 Å². The van der Waals surface area contributed by atoms with Crippen molar-refractivity contribution < 1.29 is 18.6 Å². The number of rotatable bonds is 6. The molecule has 1 unspecified atom stereocenters. The molecule has 2 atom stereocenters. The van der Waals surface area contributed by atoms with Crippen molar-refractivity contribution in [3.05, 3.63) is 37.1 Å². The Kier molecular flexibility index (Phi) is 5.56. The molecule has 5 rings (SSSR count). The number of aliphatic hydroxyl groups excluding tert-OH is 1. The molecule has 4 aromatic heterocycles. The number of nitrogens with one attached hydrogen (secondary N) is 1. The summed E-state index contributed by atoms with van der Waals surface area (Å²) in [6.07, 6.45) is 9.79. The third kappa shape index (κ3) is 4.20. The van der Waals surface area contributed by atoms with Gasteiger partial charge in [-0.05, 0) is 38.2 Å². The van der Waals surface area contributed by atoms with E-state index in [9.17, 15) is 13.9 Å². The van der Waals surface area contributed by atoms with E-state index in [1.54, 1.807) is 33.7 Å². The van der Waals surface area contributed by atoms with Gasteiger partial charge < -0.3 is 15.2 Å². The van der Waals surface area contributed by atoms with Crippen LogP contribution in [0.2, 0.25) is 0 Å².